The lowest BCUT2D eigenvalue weighted by atomic mass is 10.0. The smallest absolute Gasteiger partial charge is 0.410 e. The van der Waals surface area contributed by atoms with Crippen molar-refractivity contribution >= 4 is 12.1 Å². The third-order valence-electron chi connectivity index (χ3n) is 4.40. The Morgan fingerprint density at radius 3 is 2.32 bits per heavy atom. The molecule has 1 aromatic carbocycles. The number of hydrogen-bond donors (Lipinski definition) is 1. The van der Waals surface area contributed by atoms with Gasteiger partial charge in [0.25, 0.3) is 0 Å². The highest BCUT2D eigenvalue weighted by atomic mass is 16.6. The van der Waals surface area contributed by atoms with E-state index in [0.29, 0.717) is 39.0 Å². The van der Waals surface area contributed by atoms with E-state index in [2.05, 4.69) is 0 Å². The lowest BCUT2D eigenvalue weighted by Crippen LogP contribution is -3.19. The summed E-state index contributed by atoms with van der Waals surface area (Å²) in [7, 11) is 0. The van der Waals surface area contributed by atoms with Crippen LogP contribution in [0.25, 0.3) is 0 Å². The predicted octanol–water partition coefficient (Wildman–Crippen LogP) is -0.127. The molecule has 25 heavy (non-hydrogen) atoms. The number of carbonyl (C=O) groups excluding carboxylic acids is 2. The van der Waals surface area contributed by atoms with Crippen molar-refractivity contribution in [1.82, 2.24) is 4.90 Å². The molecule has 1 atom stereocenters. The summed E-state index contributed by atoms with van der Waals surface area (Å²) in [5.41, 5.74) is 0.602. The quantitative estimate of drug-likeness (QED) is 0.805. The van der Waals surface area contributed by atoms with Crippen molar-refractivity contribution in [3.63, 3.8) is 0 Å². The van der Waals surface area contributed by atoms with Crippen LogP contribution >= 0.6 is 0 Å². The molecule has 6 nitrogen and oxygen atoms in total. The van der Waals surface area contributed by atoms with E-state index in [9.17, 15) is 14.7 Å². The van der Waals surface area contributed by atoms with Crippen molar-refractivity contribution in [2.45, 2.75) is 45.3 Å². The first-order chi connectivity index (χ1) is 11.8. The van der Waals surface area contributed by atoms with E-state index in [0.717, 1.165) is 10.5 Å². The summed E-state index contributed by atoms with van der Waals surface area (Å²) in [6.07, 6.45) is 0.910. The Bertz CT molecular complexity index is 575. The first kappa shape index (κ1) is 19.2. The summed E-state index contributed by atoms with van der Waals surface area (Å²) in [5, 5.41) is 11.6. The molecule has 1 aliphatic heterocycles. The molecule has 1 heterocycles. The molecule has 0 unspecified atom stereocenters. The Balaban J connectivity index is 1.87. The molecule has 1 amide bonds. The lowest BCUT2D eigenvalue weighted by molar-refractivity contribution is -0.922. The summed E-state index contributed by atoms with van der Waals surface area (Å²) >= 11 is 0. The molecular weight excluding hydrogens is 320 g/mol. The number of amides is 1. The number of hydrogen-bond acceptors (Lipinski definition) is 4. The fraction of sp³-hybridized carbons (Fsp3) is 0.579. The van der Waals surface area contributed by atoms with Gasteiger partial charge in [0.15, 0.2) is 0 Å². The van der Waals surface area contributed by atoms with Crippen molar-refractivity contribution in [3.8, 4) is 0 Å². The number of carbonyl (C=O) groups is 2. The highest BCUT2D eigenvalue weighted by molar-refractivity contribution is 5.70. The van der Waals surface area contributed by atoms with Crippen LogP contribution in [0, 0.1) is 0 Å². The van der Waals surface area contributed by atoms with Crippen LogP contribution in [-0.2, 0) is 16.0 Å². The van der Waals surface area contributed by atoms with E-state index in [1.165, 1.54) is 0 Å². The van der Waals surface area contributed by atoms with Crippen LogP contribution in [0.1, 0.15) is 32.8 Å². The van der Waals surface area contributed by atoms with Gasteiger partial charge in [0.05, 0.1) is 32.1 Å². The zero-order valence-corrected chi connectivity index (χ0v) is 15.3. The van der Waals surface area contributed by atoms with Gasteiger partial charge in [0.1, 0.15) is 11.6 Å². The monoisotopic (exact) mass is 348 g/mol. The van der Waals surface area contributed by atoms with Gasteiger partial charge in [-0.15, -0.1) is 0 Å². The van der Waals surface area contributed by atoms with E-state index >= 15 is 0 Å². The molecule has 0 radical (unpaired) electrons. The first-order valence-electron chi connectivity index (χ1n) is 8.83. The van der Waals surface area contributed by atoms with E-state index in [1.807, 2.05) is 51.1 Å². The van der Waals surface area contributed by atoms with Crippen molar-refractivity contribution in [3.05, 3.63) is 35.9 Å². The molecule has 6 heteroatoms. The molecule has 1 saturated heterocycles. The van der Waals surface area contributed by atoms with Crippen LogP contribution in [0.4, 0.5) is 4.79 Å². The van der Waals surface area contributed by atoms with E-state index < -0.39 is 17.6 Å². The van der Waals surface area contributed by atoms with Gasteiger partial charge in [-0.3, -0.25) is 4.90 Å². The second-order valence-corrected chi connectivity index (χ2v) is 7.52. The number of benzene rings is 1. The van der Waals surface area contributed by atoms with Crippen molar-refractivity contribution in [2.24, 2.45) is 0 Å². The van der Waals surface area contributed by atoms with Crippen molar-refractivity contribution < 1.29 is 24.3 Å². The zero-order valence-electron chi connectivity index (χ0n) is 15.3. The molecule has 0 bridgehead atoms. The van der Waals surface area contributed by atoms with Gasteiger partial charge in [0, 0.05) is 6.42 Å². The average Bonchev–Trinajstić information content (AvgIpc) is 2.54. The maximum absolute atomic E-state index is 12.1. The Kier molecular flexibility index (Phi) is 6.42. The maximum Gasteiger partial charge on any atom is 0.410 e. The van der Waals surface area contributed by atoms with Gasteiger partial charge in [-0.05, 0) is 32.8 Å². The molecule has 138 valence electrons. The van der Waals surface area contributed by atoms with Crippen molar-refractivity contribution in [2.75, 3.05) is 26.2 Å². The van der Waals surface area contributed by atoms with Gasteiger partial charge >= 0.3 is 6.09 Å². The number of nitrogens with one attached hydrogen (secondary N) is 1. The molecule has 1 fully saturated rings. The van der Waals surface area contributed by atoms with Gasteiger partial charge in [-0.1, -0.05) is 30.3 Å². The number of piperazine rings is 1. The number of aliphatic carboxylic acids is 1. The van der Waals surface area contributed by atoms with Crippen LogP contribution < -0.4 is 10.0 Å². The molecule has 0 saturated carbocycles. The minimum Gasteiger partial charge on any atom is -0.544 e. The Morgan fingerprint density at radius 2 is 1.80 bits per heavy atom. The molecule has 0 aromatic heterocycles. The first-order valence-corrected chi connectivity index (χ1v) is 8.83. The SMILES string of the molecule is CC(C)(C)OC(=O)N1CC[NH+]([C@@H](CCc2ccccc2)C(=O)[O-])CC1. The minimum atomic E-state index is -1.02. The Morgan fingerprint density at radius 1 is 1.20 bits per heavy atom. The van der Waals surface area contributed by atoms with Crippen LogP contribution in [0.3, 0.4) is 0 Å². The normalized spacial score (nSPS) is 17.2. The Hall–Kier alpha value is -2.08. The number of carboxylic acids is 1. The lowest BCUT2D eigenvalue weighted by Gasteiger charge is -2.37. The molecule has 1 aromatic rings. The summed E-state index contributed by atoms with van der Waals surface area (Å²) in [4.78, 5) is 26.3. The van der Waals surface area contributed by atoms with E-state index in [-0.39, 0.29) is 6.09 Å². The van der Waals surface area contributed by atoms with Crippen LogP contribution in [-0.4, -0.2) is 54.8 Å². The third kappa shape index (κ3) is 6.05. The molecule has 0 aliphatic carbocycles. The Labute approximate surface area is 149 Å². The van der Waals surface area contributed by atoms with E-state index in [4.69, 9.17) is 4.74 Å². The molecule has 1 N–H and O–H groups in total. The summed E-state index contributed by atoms with van der Waals surface area (Å²) < 4.78 is 5.37. The van der Waals surface area contributed by atoms with Gasteiger partial charge in [-0.2, -0.15) is 0 Å². The maximum atomic E-state index is 12.1. The van der Waals surface area contributed by atoms with Crippen LogP contribution in [0.15, 0.2) is 30.3 Å². The molecule has 2 rings (SSSR count). The van der Waals surface area contributed by atoms with Gasteiger partial charge in [0.2, 0.25) is 0 Å². The van der Waals surface area contributed by atoms with Gasteiger partial charge in [-0.25, -0.2) is 4.79 Å². The summed E-state index contributed by atoms with van der Waals surface area (Å²) in [6, 6.07) is 9.30. The highest BCUT2D eigenvalue weighted by Crippen LogP contribution is 2.10. The zero-order chi connectivity index (χ0) is 18.4. The summed E-state index contributed by atoms with van der Waals surface area (Å²) in [5.74, 6) is -1.02. The number of rotatable bonds is 5. The topological polar surface area (TPSA) is 74.1 Å². The second kappa shape index (κ2) is 8.34. The fourth-order valence-corrected chi connectivity index (χ4v) is 3.10. The number of aryl methyl sites for hydroxylation is 1. The number of carboxylic acid groups (broad SMARTS) is 1. The van der Waals surface area contributed by atoms with Crippen molar-refractivity contribution in [1.29, 1.82) is 0 Å². The number of quaternary nitrogens is 1. The second-order valence-electron chi connectivity index (χ2n) is 7.52. The van der Waals surface area contributed by atoms with Crippen LogP contribution in [0.5, 0.6) is 0 Å². The number of ether oxygens (including phenoxy) is 1. The van der Waals surface area contributed by atoms with E-state index in [1.54, 1.807) is 4.90 Å². The third-order valence-corrected chi connectivity index (χ3v) is 4.40. The number of nitrogens with zero attached hydrogens (tertiary/aromatic N) is 1. The highest BCUT2D eigenvalue weighted by Gasteiger charge is 2.31. The predicted molar refractivity (Wildman–Crippen MR) is 92.1 cm³/mol. The fourth-order valence-electron chi connectivity index (χ4n) is 3.10. The molecule has 1 aliphatic rings. The molecule has 0 spiro atoms. The average molecular weight is 348 g/mol. The summed E-state index contributed by atoms with van der Waals surface area (Å²) in [6.45, 7) is 7.68. The molecular formula is C19H28N2O4. The standard InChI is InChI=1S/C19H28N2O4/c1-19(2,3)25-18(24)21-13-11-20(12-14-21)16(17(22)23)10-9-15-7-5-4-6-8-15/h4-8,16H,9-14H2,1-3H3,(H,22,23)/t16-/m0/s1. The minimum absolute atomic E-state index is 0.333. The van der Waals surface area contributed by atoms with Crippen LogP contribution in [0.2, 0.25) is 0 Å². The van der Waals surface area contributed by atoms with Gasteiger partial charge < -0.3 is 19.5 Å². The largest absolute Gasteiger partial charge is 0.544 e.